The van der Waals surface area contributed by atoms with Crippen molar-refractivity contribution in [3.8, 4) is 0 Å². The Balaban J connectivity index is 2.01. The molecule has 0 aliphatic heterocycles. The molecule has 2 aromatic heterocycles. The Morgan fingerprint density at radius 1 is 1.28 bits per heavy atom. The van der Waals surface area contributed by atoms with E-state index in [9.17, 15) is 9.59 Å². The quantitative estimate of drug-likeness (QED) is 0.433. The summed E-state index contributed by atoms with van der Waals surface area (Å²) in [5.41, 5.74) is 1.87. The fourth-order valence-corrected chi connectivity index (χ4v) is 5.42. The highest BCUT2D eigenvalue weighted by Crippen LogP contribution is 2.36. The zero-order valence-electron chi connectivity index (χ0n) is 17.5. The molecular weight excluding hydrogens is 402 g/mol. The van der Waals surface area contributed by atoms with Gasteiger partial charge in [0.2, 0.25) is 5.91 Å². The maximum atomic E-state index is 12.9. The first-order chi connectivity index (χ1) is 13.8. The Bertz CT molecular complexity index is 1060. The van der Waals surface area contributed by atoms with Crippen LogP contribution in [0.2, 0.25) is 0 Å². The summed E-state index contributed by atoms with van der Waals surface area (Å²) in [5.74, 6) is 0.476. The van der Waals surface area contributed by atoms with Crippen LogP contribution in [-0.4, -0.2) is 34.9 Å². The second-order valence-corrected chi connectivity index (χ2v) is 9.84. The third-order valence-electron chi connectivity index (χ3n) is 5.09. The first-order valence-electron chi connectivity index (χ1n) is 9.76. The third-order valence-corrected chi connectivity index (χ3v) is 7.25. The van der Waals surface area contributed by atoms with Crippen molar-refractivity contribution in [2.45, 2.75) is 44.0 Å². The summed E-state index contributed by atoms with van der Waals surface area (Å²) >= 11 is 2.85. The lowest BCUT2D eigenvalue weighted by atomic mass is 9.98. The lowest BCUT2D eigenvalue weighted by Crippen LogP contribution is -2.27. The second kappa shape index (κ2) is 9.13. The number of nitrogens with one attached hydrogen (secondary N) is 1. The highest BCUT2D eigenvalue weighted by Gasteiger charge is 2.25. The standard InChI is InChI=1S/C22H27N3O2S2/c1-6-13(2)12-16-14(3)28-20-17(16)19(26)23-22(24-20)29-18(21(27)25(4)5)15-10-8-7-9-11-15/h7-11,13,18H,6,12H2,1-5H3,(H,23,24,26)/t13-,18-/m0/s1. The molecule has 1 aromatic carbocycles. The number of amides is 1. The average Bonchev–Trinajstić information content (AvgIpc) is 3.01. The van der Waals surface area contributed by atoms with Crippen molar-refractivity contribution in [3.63, 3.8) is 0 Å². The Morgan fingerprint density at radius 3 is 2.59 bits per heavy atom. The molecule has 2 heterocycles. The van der Waals surface area contributed by atoms with Crippen LogP contribution in [0.25, 0.3) is 10.2 Å². The maximum absolute atomic E-state index is 12.9. The van der Waals surface area contributed by atoms with Crippen LogP contribution in [0.1, 0.15) is 41.5 Å². The fourth-order valence-electron chi connectivity index (χ4n) is 3.18. The molecule has 0 aliphatic rings. The molecule has 3 aromatic rings. The number of carbonyl (C=O) groups excluding carboxylic acids is 1. The number of thioether (sulfide) groups is 1. The summed E-state index contributed by atoms with van der Waals surface area (Å²) in [5, 5.41) is 0.711. The number of aromatic amines is 1. The Labute approximate surface area is 179 Å². The zero-order chi connectivity index (χ0) is 21.1. The van der Waals surface area contributed by atoms with Crippen molar-refractivity contribution in [2.24, 2.45) is 5.92 Å². The normalized spacial score (nSPS) is 13.4. The maximum Gasteiger partial charge on any atom is 0.260 e. The van der Waals surface area contributed by atoms with Gasteiger partial charge in [-0.25, -0.2) is 4.98 Å². The molecule has 154 valence electrons. The van der Waals surface area contributed by atoms with Crippen LogP contribution in [0, 0.1) is 12.8 Å². The molecule has 0 saturated carbocycles. The minimum Gasteiger partial charge on any atom is -0.348 e. The summed E-state index contributed by atoms with van der Waals surface area (Å²) in [6, 6.07) is 9.60. The number of likely N-dealkylation sites (N-methyl/N-ethyl adjacent to an activating group) is 1. The number of carbonyl (C=O) groups is 1. The molecule has 0 bridgehead atoms. The van der Waals surface area contributed by atoms with E-state index in [1.54, 1.807) is 30.3 Å². The van der Waals surface area contributed by atoms with Gasteiger partial charge in [-0.05, 0) is 30.4 Å². The number of H-pyrrole nitrogens is 1. The van der Waals surface area contributed by atoms with Gasteiger partial charge in [0.1, 0.15) is 10.1 Å². The average molecular weight is 430 g/mol. The van der Waals surface area contributed by atoms with E-state index < -0.39 is 5.25 Å². The smallest absolute Gasteiger partial charge is 0.260 e. The van der Waals surface area contributed by atoms with Gasteiger partial charge in [-0.1, -0.05) is 62.4 Å². The van der Waals surface area contributed by atoms with E-state index in [1.807, 2.05) is 30.3 Å². The van der Waals surface area contributed by atoms with Crippen molar-refractivity contribution in [2.75, 3.05) is 14.1 Å². The third kappa shape index (κ3) is 4.73. The van der Waals surface area contributed by atoms with Crippen LogP contribution in [0.3, 0.4) is 0 Å². The van der Waals surface area contributed by atoms with Gasteiger partial charge in [-0.15, -0.1) is 11.3 Å². The number of aryl methyl sites for hydroxylation is 1. The molecule has 0 fully saturated rings. The summed E-state index contributed by atoms with van der Waals surface area (Å²) in [6.45, 7) is 6.42. The monoisotopic (exact) mass is 429 g/mol. The number of rotatable bonds is 7. The number of fused-ring (bicyclic) bond motifs is 1. The molecule has 0 saturated heterocycles. The van der Waals surface area contributed by atoms with Crippen molar-refractivity contribution < 1.29 is 4.79 Å². The van der Waals surface area contributed by atoms with Gasteiger partial charge in [-0.3, -0.25) is 9.59 Å². The van der Waals surface area contributed by atoms with Crippen LogP contribution in [-0.2, 0) is 11.2 Å². The lowest BCUT2D eigenvalue weighted by molar-refractivity contribution is -0.128. The van der Waals surface area contributed by atoms with Crippen molar-refractivity contribution >= 4 is 39.2 Å². The predicted molar refractivity (Wildman–Crippen MR) is 122 cm³/mol. The van der Waals surface area contributed by atoms with Gasteiger partial charge in [0, 0.05) is 19.0 Å². The SMILES string of the molecule is CC[C@H](C)Cc1c(C)sc2nc(S[C@H](C(=O)N(C)C)c3ccccc3)[nH]c(=O)c12. The fraction of sp³-hybridized carbons (Fsp3) is 0.409. The minimum absolute atomic E-state index is 0.0382. The zero-order valence-corrected chi connectivity index (χ0v) is 19.1. The number of benzene rings is 1. The van der Waals surface area contributed by atoms with Gasteiger partial charge >= 0.3 is 0 Å². The van der Waals surface area contributed by atoms with E-state index in [0.717, 1.165) is 33.7 Å². The Kier molecular flexibility index (Phi) is 6.80. The van der Waals surface area contributed by atoms with Gasteiger partial charge in [0.05, 0.1) is 5.39 Å². The molecule has 0 radical (unpaired) electrons. The highest BCUT2D eigenvalue weighted by atomic mass is 32.2. The Morgan fingerprint density at radius 2 is 1.97 bits per heavy atom. The minimum atomic E-state index is -0.465. The summed E-state index contributed by atoms with van der Waals surface area (Å²) < 4.78 is 0. The molecular formula is C22H27N3O2S2. The van der Waals surface area contributed by atoms with Crippen LogP contribution in [0.15, 0.2) is 40.3 Å². The Hall–Kier alpha value is -2.12. The number of nitrogens with zero attached hydrogens (tertiary/aromatic N) is 2. The summed E-state index contributed by atoms with van der Waals surface area (Å²) in [4.78, 5) is 36.8. The van der Waals surface area contributed by atoms with E-state index in [4.69, 9.17) is 4.98 Å². The van der Waals surface area contributed by atoms with Gasteiger partial charge in [0.25, 0.3) is 5.56 Å². The summed E-state index contributed by atoms with van der Waals surface area (Å²) in [7, 11) is 3.48. The number of hydrogen-bond donors (Lipinski definition) is 1. The molecule has 1 N–H and O–H groups in total. The molecule has 0 spiro atoms. The largest absolute Gasteiger partial charge is 0.348 e. The van der Waals surface area contributed by atoms with Gasteiger partial charge in [-0.2, -0.15) is 0 Å². The number of thiophene rings is 1. The van der Waals surface area contributed by atoms with Crippen LogP contribution < -0.4 is 5.56 Å². The lowest BCUT2D eigenvalue weighted by Gasteiger charge is -2.20. The van der Waals surface area contributed by atoms with E-state index >= 15 is 0 Å². The second-order valence-electron chi connectivity index (χ2n) is 7.55. The molecule has 0 aliphatic carbocycles. The molecule has 0 unspecified atom stereocenters. The van der Waals surface area contributed by atoms with E-state index in [0.29, 0.717) is 16.5 Å². The first kappa shape index (κ1) is 21.6. The van der Waals surface area contributed by atoms with Crippen molar-refractivity contribution in [1.29, 1.82) is 0 Å². The van der Waals surface area contributed by atoms with E-state index in [-0.39, 0.29) is 11.5 Å². The molecule has 5 nitrogen and oxygen atoms in total. The topological polar surface area (TPSA) is 66.1 Å². The number of hydrogen-bond acceptors (Lipinski definition) is 5. The molecule has 29 heavy (non-hydrogen) atoms. The van der Waals surface area contributed by atoms with Gasteiger partial charge < -0.3 is 9.88 Å². The van der Waals surface area contributed by atoms with Gasteiger partial charge in [0.15, 0.2) is 5.16 Å². The van der Waals surface area contributed by atoms with Crippen LogP contribution in [0.5, 0.6) is 0 Å². The van der Waals surface area contributed by atoms with Crippen LogP contribution in [0.4, 0.5) is 0 Å². The van der Waals surface area contributed by atoms with E-state index in [1.165, 1.54) is 11.8 Å². The van der Waals surface area contributed by atoms with Crippen LogP contribution >= 0.6 is 23.1 Å². The molecule has 2 atom stereocenters. The first-order valence-corrected chi connectivity index (χ1v) is 11.5. The molecule has 1 amide bonds. The number of aromatic nitrogens is 2. The predicted octanol–water partition coefficient (Wildman–Crippen LogP) is 4.80. The molecule has 7 heteroatoms. The van der Waals surface area contributed by atoms with Crippen molar-refractivity contribution in [3.05, 3.63) is 56.7 Å². The van der Waals surface area contributed by atoms with E-state index in [2.05, 4.69) is 25.8 Å². The van der Waals surface area contributed by atoms with Crippen molar-refractivity contribution in [1.82, 2.24) is 14.9 Å². The summed E-state index contributed by atoms with van der Waals surface area (Å²) in [6.07, 6.45) is 1.95. The highest BCUT2D eigenvalue weighted by molar-refractivity contribution is 8.00. The molecule has 3 rings (SSSR count).